The summed E-state index contributed by atoms with van der Waals surface area (Å²) in [6.45, 7) is 1.68. The zero-order valence-corrected chi connectivity index (χ0v) is 17.1. The molecule has 2 aromatic rings. The van der Waals surface area contributed by atoms with Gasteiger partial charge in [-0.05, 0) is 36.8 Å². The second-order valence-corrected chi connectivity index (χ2v) is 6.87. The predicted molar refractivity (Wildman–Crippen MR) is 109 cm³/mol. The van der Waals surface area contributed by atoms with E-state index in [0.717, 1.165) is 6.08 Å². The molecule has 0 fully saturated rings. The topological polar surface area (TPSA) is 115 Å². The van der Waals surface area contributed by atoms with E-state index in [2.05, 4.69) is 0 Å². The average Bonchev–Trinajstić information content (AvgIpc) is 2.73. The summed E-state index contributed by atoms with van der Waals surface area (Å²) < 4.78 is 22.2. The molecule has 0 radical (unpaired) electrons. The molecule has 1 heterocycles. The van der Waals surface area contributed by atoms with Crippen molar-refractivity contribution in [2.45, 2.75) is 25.6 Å². The first-order chi connectivity index (χ1) is 14.3. The first-order valence-electron chi connectivity index (χ1n) is 9.21. The van der Waals surface area contributed by atoms with E-state index in [-0.39, 0.29) is 12.2 Å². The first-order valence-corrected chi connectivity index (χ1v) is 9.21. The molecule has 30 heavy (non-hydrogen) atoms. The van der Waals surface area contributed by atoms with Crippen molar-refractivity contribution < 1.29 is 39.1 Å². The molecule has 2 unspecified atom stereocenters. The third-order valence-corrected chi connectivity index (χ3v) is 5.04. The molecule has 8 heteroatoms. The van der Waals surface area contributed by atoms with Gasteiger partial charge >= 0.3 is 5.97 Å². The number of carbonyl (C=O) groups is 1. The minimum absolute atomic E-state index is 0.0775. The predicted octanol–water partition coefficient (Wildman–Crippen LogP) is 2.86. The zero-order valence-electron chi connectivity index (χ0n) is 17.1. The minimum atomic E-state index is -1.12. The summed E-state index contributed by atoms with van der Waals surface area (Å²) in [5.74, 6) is 0.543. The molecule has 3 rings (SSSR count). The van der Waals surface area contributed by atoms with E-state index >= 15 is 0 Å². The molecule has 0 bridgehead atoms. The third kappa shape index (κ3) is 3.86. The van der Waals surface area contributed by atoms with Crippen molar-refractivity contribution in [3.63, 3.8) is 0 Å². The number of aliphatic hydroxyl groups excluding tert-OH is 1. The fourth-order valence-electron chi connectivity index (χ4n) is 3.58. The lowest BCUT2D eigenvalue weighted by Crippen LogP contribution is -2.31. The summed E-state index contributed by atoms with van der Waals surface area (Å²) in [6, 6.07) is 5.03. The van der Waals surface area contributed by atoms with Crippen LogP contribution in [0.3, 0.4) is 0 Å². The maximum Gasteiger partial charge on any atom is 0.328 e. The van der Waals surface area contributed by atoms with Crippen LogP contribution in [-0.2, 0) is 11.2 Å². The molecule has 0 aromatic heterocycles. The normalized spacial score (nSPS) is 17.9. The number of benzene rings is 2. The second-order valence-electron chi connectivity index (χ2n) is 6.87. The highest BCUT2D eigenvalue weighted by Crippen LogP contribution is 2.45. The van der Waals surface area contributed by atoms with E-state index in [1.807, 2.05) is 0 Å². The van der Waals surface area contributed by atoms with Crippen LogP contribution < -0.4 is 18.9 Å². The molecule has 2 atom stereocenters. The smallest absolute Gasteiger partial charge is 0.328 e. The molecule has 0 saturated carbocycles. The zero-order chi connectivity index (χ0) is 22.0. The minimum Gasteiger partial charge on any atom is -0.507 e. The van der Waals surface area contributed by atoms with Gasteiger partial charge in [0.2, 0.25) is 5.75 Å². The lowest BCUT2D eigenvalue weighted by Gasteiger charge is -2.33. The maximum absolute atomic E-state index is 10.8. The number of hydrogen-bond acceptors (Lipinski definition) is 7. The Balaban J connectivity index is 2.04. The van der Waals surface area contributed by atoms with E-state index in [9.17, 15) is 15.0 Å². The summed E-state index contributed by atoms with van der Waals surface area (Å²) in [7, 11) is 4.51. The number of carboxylic acids is 1. The number of hydrogen-bond donors (Lipinski definition) is 3. The Hall–Kier alpha value is -3.39. The van der Waals surface area contributed by atoms with Crippen molar-refractivity contribution in [1.82, 2.24) is 0 Å². The van der Waals surface area contributed by atoms with Crippen LogP contribution in [0.1, 0.15) is 28.4 Å². The van der Waals surface area contributed by atoms with Crippen molar-refractivity contribution in [1.29, 1.82) is 0 Å². The average molecular weight is 416 g/mol. The number of aliphatic carboxylic acids is 1. The van der Waals surface area contributed by atoms with Crippen molar-refractivity contribution in [3.05, 3.63) is 46.5 Å². The summed E-state index contributed by atoms with van der Waals surface area (Å²) >= 11 is 0. The number of aliphatic hydroxyl groups is 1. The van der Waals surface area contributed by atoms with Crippen LogP contribution in [0.4, 0.5) is 0 Å². The van der Waals surface area contributed by atoms with Crippen LogP contribution in [-0.4, -0.2) is 48.7 Å². The molecular weight excluding hydrogens is 392 g/mol. The highest BCUT2D eigenvalue weighted by atomic mass is 16.5. The molecule has 0 saturated heterocycles. The third-order valence-electron chi connectivity index (χ3n) is 5.04. The van der Waals surface area contributed by atoms with Crippen molar-refractivity contribution >= 4 is 12.0 Å². The number of aromatic hydroxyl groups is 1. The van der Waals surface area contributed by atoms with Gasteiger partial charge in [0.05, 0.1) is 27.4 Å². The lowest BCUT2D eigenvalue weighted by molar-refractivity contribution is -0.131. The number of phenols is 1. The highest BCUT2D eigenvalue weighted by molar-refractivity contribution is 5.86. The van der Waals surface area contributed by atoms with Crippen LogP contribution in [0.15, 0.2) is 24.3 Å². The van der Waals surface area contributed by atoms with E-state index < -0.39 is 18.2 Å². The van der Waals surface area contributed by atoms with Gasteiger partial charge < -0.3 is 34.3 Å². The summed E-state index contributed by atoms with van der Waals surface area (Å²) in [6.07, 6.45) is 0.888. The number of carboxylic acid groups (broad SMARTS) is 1. The standard InChI is InChI=1S/C22H24O8/c1-11-19(26)12(5-6-18(24)25)7-13-8-15(23)21(30-20(11)13)14-9-16(27-2)22(29-4)17(10-14)28-3/h5-7,9-10,15,21,23,26H,8H2,1-4H3,(H,24,25). The number of fused-ring (bicyclic) bond motifs is 1. The fraction of sp³-hybridized carbons (Fsp3) is 0.318. The molecule has 160 valence electrons. The quantitative estimate of drug-likeness (QED) is 0.616. The SMILES string of the molecule is COc1cc(C2Oc3c(cc(C=CC(=O)O)c(O)c3C)CC2O)cc(OC)c1OC. The molecule has 3 N–H and O–H groups in total. The van der Waals surface area contributed by atoms with Crippen LogP contribution in [0.2, 0.25) is 0 Å². The van der Waals surface area contributed by atoms with Gasteiger partial charge in [-0.2, -0.15) is 0 Å². The molecule has 0 spiro atoms. The Bertz CT molecular complexity index is 970. The largest absolute Gasteiger partial charge is 0.507 e. The van der Waals surface area contributed by atoms with Crippen molar-refractivity contribution in [2.75, 3.05) is 21.3 Å². The van der Waals surface area contributed by atoms with Crippen molar-refractivity contribution in [2.24, 2.45) is 0 Å². The highest BCUT2D eigenvalue weighted by Gasteiger charge is 2.33. The number of phenolic OH excluding ortho intramolecular Hbond substituents is 1. The Labute approximate surface area is 173 Å². The Morgan fingerprint density at radius 3 is 2.30 bits per heavy atom. The lowest BCUT2D eigenvalue weighted by atomic mass is 9.91. The van der Waals surface area contributed by atoms with Crippen LogP contribution in [0.5, 0.6) is 28.7 Å². The van der Waals surface area contributed by atoms with Gasteiger partial charge in [0.25, 0.3) is 0 Å². The van der Waals surface area contributed by atoms with E-state index in [4.69, 9.17) is 24.1 Å². The number of rotatable bonds is 6. The molecule has 2 aromatic carbocycles. The van der Waals surface area contributed by atoms with Gasteiger partial charge in [0.1, 0.15) is 11.5 Å². The van der Waals surface area contributed by atoms with Crippen molar-refractivity contribution in [3.8, 4) is 28.7 Å². The summed E-state index contributed by atoms with van der Waals surface area (Å²) in [5, 5.41) is 30.1. The molecule has 8 nitrogen and oxygen atoms in total. The van der Waals surface area contributed by atoms with Crippen LogP contribution in [0.25, 0.3) is 6.08 Å². The summed E-state index contributed by atoms with van der Waals surface area (Å²) in [4.78, 5) is 10.8. The Kier molecular flexibility index (Phi) is 6.07. The fourth-order valence-corrected chi connectivity index (χ4v) is 3.58. The number of methoxy groups -OCH3 is 3. The van der Waals surface area contributed by atoms with Gasteiger partial charge in [-0.3, -0.25) is 0 Å². The molecule has 1 aliphatic rings. The Morgan fingerprint density at radius 2 is 1.77 bits per heavy atom. The van der Waals surface area contributed by atoms with E-state index in [1.165, 1.54) is 27.4 Å². The van der Waals surface area contributed by atoms with Crippen LogP contribution in [0, 0.1) is 6.92 Å². The monoisotopic (exact) mass is 416 g/mol. The van der Waals surface area contributed by atoms with Gasteiger partial charge in [0.15, 0.2) is 17.6 Å². The van der Waals surface area contributed by atoms with Crippen LogP contribution >= 0.6 is 0 Å². The van der Waals surface area contributed by atoms with E-state index in [1.54, 1.807) is 25.1 Å². The molecule has 0 amide bonds. The first kappa shape index (κ1) is 21.3. The molecule has 0 aliphatic carbocycles. The second kappa shape index (κ2) is 8.54. The number of ether oxygens (including phenoxy) is 4. The van der Waals surface area contributed by atoms with Gasteiger partial charge in [0, 0.05) is 29.2 Å². The maximum atomic E-state index is 10.8. The Morgan fingerprint density at radius 1 is 1.13 bits per heavy atom. The van der Waals surface area contributed by atoms with Gasteiger partial charge in [-0.15, -0.1) is 0 Å². The van der Waals surface area contributed by atoms with Gasteiger partial charge in [-0.25, -0.2) is 4.79 Å². The van der Waals surface area contributed by atoms with Gasteiger partial charge in [-0.1, -0.05) is 0 Å². The molecular formula is C22H24O8. The van der Waals surface area contributed by atoms with E-state index in [0.29, 0.717) is 45.3 Å². The summed E-state index contributed by atoms with van der Waals surface area (Å²) in [5.41, 5.74) is 2.10. The molecule has 1 aliphatic heterocycles.